The molecule has 168 valence electrons. The van der Waals surface area contributed by atoms with Gasteiger partial charge in [-0.3, -0.25) is 29.8 Å². The van der Waals surface area contributed by atoms with E-state index >= 15 is 0 Å². The maximum absolute atomic E-state index is 12.7. The fourth-order valence-corrected chi connectivity index (χ4v) is 3.41. The maximum atomic E-state index is 12.7. The fourth-order valence-electron chi connectivity index (χ4n) is 3.41. The van der Waals surface area contributed by atoms with Gasteiger partial charge < -0.3 is 10.6 Å². The molecule has 0 heterocycles. The van der Waals surface area contributed by atoms with Crippen molar-refractivity contribution >= 4 is 45.3 Å². The Morgan fingerprint density at radius 3 is 2.12 bits per heavy atom. The lowest BCUT2D eigenvalue weighted by Crippen LogP contribution is -2.15. The van der Waals surface area contributed by atoms with Crippen LogP contribution >= 0.6 is 0 Å². The van der Waals surface area contributed by atoms with Crippen LogP contribution in [0.5, 0.6) is 0 Å². The summed E-state index contributed by atoms with van der Waals surface area (Å²) in [5.41, 5.74) is -0.214. The second-order valence-corrected chi connectivity index (χ2v) is 7.23. The summed E-state index contributed by atoms with van der Waals surface area (Å²) in [6, 6.07) is 21.9. The molecule has 0 aromatic heterocycles. The molecule has 4 aromatic rings. The summed E-state index contributed by atoms with van der Waals surface area (Å²) < 4.78 is 0. The highest BCUT2D eigenvalue weighted by Crippen LogP contribution is 2.26. The van der Waals surface area contributed by atoms with Crippen molar-refractivity contribution in [3.8, 4) is 0 Å². The smallest absolute Gasteiger partial charge is 0.289 e. The number of rotatable bonds is 6. The van der Waals surface area contributed by atoms with Gasteiger partial charge in [0.15, 0.2) is 0 Å². The Hall–Kier alpha value is -5.12. The third kappa shape index (κ3) is 4.55. The van der Waals surface area contributed by atoms with Gasteiger partial charge in [-0.1, -0.05) is 36.4 Å². The first kappa shape index (κ1) is 22.1. The molecule has 0 unspecified atom stereocenters. The number of amides is 2. The van der Waals surface area contributed by atoms with E-state index in [2.05, 4.69) is 10.6 Å². The Bertz CT molecular complexity index is 1440. The van der Waals surface area contributed by atoms with Crippen molar-refractivity contribution in [2.75, 3.05) is 10.6 Å². The Kier molecular flexibility index (Phi) is 5.95. The minimum atomic E-state index is -0.858. The number of nitro benzene ring substituents is 2. The molecule has 4 rings (SSSR count). The first-order valence-electron chi connectivity index (χ1n) is 9.97. The first-order chi connectivity index (χ1) is 16.3. The van der Waals surface area contributed by atoms with Gasteiger partial charge >= 0.3 is 0 Å². The highest BCUT2D eigenvalue weighted by Gasteiger charge is 2.24. The van der Waals surface area contributed by atoms with Crippen molar-refractivity contribution in [1.82, 2.24) is 0 Å². The summed E-state index contributed by atoms with van der Waals surface area (Å²) in [5, 5.41) is 29.4. The first-order valence-corrected chi connectivity index (χ1v) is 9.97. The number of hydrogen-bond donors (Lipinski definition) is 2. The van der Waals surface area contributed by atoms with Crippen molar-refractivity contribution in [2.45, 2.75) is 0 Å². The molecular formula is C24H16N4O6. The summed E-state index contributed by atoms with van der Waals surface area (Å²) in [5.74, 6) is -1.16. The molecule has 10 heteroatoms. The molecule has 2 N–H and O–H groups in total. The molecule has 0 aliphatic rings. The van der Waals surface area contributed by atoms with Crippen LogP contribution < -0.4 is 10.6 Å². The Balaban J connectivity index is 1.50. The number of nitrogens with one attached hydrogen (secondary N) is 2. The number of non-ortho nitro benzene ring substituents is 1. The Labute approximate surface area is 192 Å². The number of carbonyl (C=O) groups excluding carboxylic acids is 2. The van der Waals surface area contributed by atoms with Crippen LogP contribution in [0.25, 0.3) is 10.8 Å². The van der Waals surface area contributed by atoms with Gasteiger partial charge in [-0.2, -0.15) is 0 Å². The molecule has 4 aromatic carbocycles. The van der Waals surface area contributed by atoms with Gasteiger partial charge in [0.05, 0.1) is 15.9 Å². The van der Waals surface area contributed by atoms with Crippen molar-refractivity contribution in [3.05, 3.63) is 116 Å². The van der Waals surface area contributed by atoms with E-state index in [4.69, 9.17) is 0 Å². The highest BCUT2D eigenvalue weighted by atomic mass is 16.6. The Morgan fingerprint density at radius 1 is 0.706 bits per heavy atom. The minimum absolute atomic E-state index is 0.291. The zero-order valence-electron chi connectivity index (χ0n) is 17.4. The summed E-state index contributed by atoms with van der Waals surface area (Å²) in [6.07, 6.45) is 0. The summed E-state index contributed by atoms with van der Waals surface area (Å²) in [4.78, 5) is 45.7. The lowest BCUT2D eigenvalue weighted by molar-refractivity contribution is -0.394. The molecule has 0 saturated carbocycles. The Morgan fingerprint density at radius 2 is 1.41 bits per heavy atom. The minimum Gasteiger partial charge on any atom is -0.322 e. The monoisotopic (exact) mass is 456 g/mol. The van der Waals surface area contributed by atoms with E-state index in [-0.39, 0.29) is 11.5 Å². The van der Waals surface area contributed by atoms with Crippen LogP contribution in [0.3, 0.4) is 0 Å². The number of hydrogen-bond acceptors (Lipinski definition) is 6. The zero-order valence-corrected chi connectivity index (χ0v) is 17.4. The predicted octanol–water partition coefficient (Wildman–Crippen LogP) is 5.16. The van der Waals surface area contributed by atoms with Crippen LogP contribution in [0.15, 0.2) is 84.9 Å². The lowest BCUT2D eigenvalue weighted by Gasteiger charge is -2.10. The van der Waals surface area contributed by atoms with Gasteiger partial charge in [0, 0.05) is 28.4 Å². The normalized spacial score (nSPS) is 10.5. The molecule has 0 spiro atoms. The molecule has 2 amide bonds. The van der Waals surface area contributed by atoms with Crippen molar-refractivity contribution in [1.29, 1.82) is 0 Å². The maximum Gasteiger partial charge on any atom is 0.289 e. The number of carbonyl (C=O) groups is 2. The average molecular weight is 456 g/mol. The number of fused-ring (bicyclic) bond motifs is 1. The largest absolute Gasteiger partial charge is 0.322 e. The van der Waals surface area contributed by atoms with Crippen LogP contribution in [0.2, 0.25) is 0 Å². The highest BCUT2D eigenvalue weighted by molar-refractivity contribution is 6.10. The van der Waals surface area contributed by atoms with E-state index in [1.54, 1.807) is 6.07 Å². The molecule has 0 atom stereocenters. The van der Waals surface area contributed by atoms with E-state index in [1.807, 2.05) is 36.4 Å². The van der Waals surface area contributed by atoms with Gasteiger partial charge in [-0.15, -0.1) is 0 Å². The number of nitrogens with zero attached hydrogens (tertiary/aromatic N) is 2. The molecule has 0 radical (unpaired) electrons. The lowest BCUT2D eigenvalue weighted by atomic mass is 10.1. The van der Waals surface area contributed by atoms with Crippen molar-refractivity contribution in [3.63, 3.8) is 0 Å². The van der Waals surface area contributed by atoms with Gasteiger partial charge in [-0.05, 0) is 41.8 Å². The molecule has 34 heavy (non-hydrogen) atoms. The summed E-state index contributed by atoms with van der Waals surface area (Å²) in [7, 11) is 0. The van der Waals surface area contributed by atoms with Gasteiger partial charge in [0.1, 0.15) is 5.56 Å². The zero-order chi connectivity index (χ0) is 24.2. The molecular weight excluding hydrogens is 440 g/mol. The molecule has 10 nitrogen and oxygen atoms in total. The second kappa shape index (κ2) is 9.17. The van der Waals surface area contributed by atoms with Crippen molar-refractivity contribution < 1.29 is 19.4 Å². The van der Waals surface area contributed by atoms with Crippen LogP contribution in [0, 0.1) is 20.2 Å². The van der Waals surface area contributed by atoms with Gasteiger partial charge in [0.2, 0.25) is 0 Å². The van der Waals surface area contributed by atoms with Crippen LogP contribution in [-0.4, -0.2) is 21.7 Å². The topological polar surface area (TPSA) is 144 Å². The third-order valence-electron chi connectivity index (χ3n) is 5.08. The fraction of sp³-hybridized carbons (Fsp3) is 0. The standard InChI is InChI=1S/C24H16N4O6/c29-23(26-21-7-3-5-15-4-1-2-6-19(15)21)16-8-10-17(11-9-16)25-24(30)20-13-12-18(27(31)32)14-22(20)28(33)34/h1-14H,(H,25,30)(H,26,29). The average Bonchev–Trinajstić information content (AvgIpc) is 2.84. The second-order valence-electron chi connectivity index (χ2n) is 7.23. The summed E-state index contributed by atoms with van der Waals surface area (Å²) >= 11 is 0. The molecule has 0 aliphatic heterocycles. The van der Waals surface area contributed by atoms with Gasteiger partial charge in [-0.25, -0.2) is 0 Å². The van der Waals surface area contributed by atoms with E-state index in [9.17, 15) is 29.8 Å². The van der Waals surface area contributed by atoms with E-state index in [0.717, 1.165) is 29.0 Å². The SMILES string of the molecule is O=C(Nc1cccc2ccccc12)c1ccc(NC(=O)c2ccc([N+](=O)[O-])cc2[N+](=O)[O-])cc1. The van der Waals surface area contributed by atoms with Crippen molar-refractivity contribution in [2.24, 2.45) is 0 Å². The predicted molar refractivity (Wildman–Crippen MR) is 126 cm³/mol. The summed E-state index contributed by atoms with van der Waals surface area (Å²) in [6.45, 7) is 0. The number of benzene rings is 4. The molecule has 0 bridgehead atoms. The van der Waals surface area contributed by atoms with Crippen LogP contribution in [0.1, 0.15) is 20.7 Å². The molecule has 0 aliphatic carbocycles. The number of nitro groups is 2. The molecule has 0 saturated heterocycles. The van der Waals surface area contributed by atoms with E-state index in [1.165, 1.54) is 24.3 Å². The third-order valence-corrected chi connectivity index (χ3v) is 5.08. The van der Waals surface area contributed by atoms with Crippen LogP contribution in [0.4, 0.5) is 22.7 Å². The van der Waals surface area contributed by atoms with Crippen LogP contribution in [-0.2, 0) is 0 Å². The van der Waals surface area contributed by atoms with Gasteiger partial charge in [0.25, 0.3) is 23.2 Å². The van der Waals surface area contributed by atoms with E-state index < -0.39 is 27.1 Å². The molecule has 0 fully saturated rings. The number of anilines is 2. The van der Waals surface area contributed by atoms with E-state index in [0.29, 0.717) is 16.9 Å². The quantitative estimate of drug-likeness (QED) is 0.303.